The Bertz CT molecular complexity index is 668. The molecule has 0 aliphatic carbocycles. The molecule has 1 amide bonds. The van der Waals surface area contributed by atoms with Crippen molar-refractivity contribution in [2.75, 3.05) is 38.7 Å². The molecule has 112 valence electrons. The highest BCUT2D eigenvalue weighted by atomic mass is 16.5. The zero-order chi connectivity index (χ0) is 15.0. The molecule has 2 aromatic rings. The third-order valence-corrected chi connectivity index (χ3v) is 3.56. The van der Waals surface area contributed by atoms with Gasteiger partial charge in [-0.05, 0) is 0 Å². The van der Waals surface area contributed by atoms with Crippen LogP contribution in [0.5, 0.6) is 0 Å². The van der Waals surface area contributed by atoms with Crippen LogP contribution < -0.4 is 4.90 Å². The van der Waals surface area contributed by atoms with E-state index in [1.165, 1.54) is 6.33 Å². The first kappa shape index (κ1) is 13.7. The summed E-state index contributed by atoms with van der Waals surface area (Å²) in [6.45, 7) is 1.64. The molecule has 8 nitrogen and oxygen atoms in total. The molecule has 8 heteroatoms. The van der Waals surface area contributed by atoms with E-state index in [0.717, 1.165) is 17.0 Å². The normalized spacial score (nSPS) is 19.0. The summed E-state index contributed by atoms with van der Waals surface area (Å²) in [7, 11) is 5.35. The fraction of sp³-hybridized carbons (Fsp3) is 0.538. The van der Waals surface area contributed by atoms with Crippen LogP contribution in [0.25, 0.3) is 11.2 Å². The average molecular weight is 290 g/mol. The van der Waals surface area contributed by atoms with Gasteiger partial charge in [-0.1, -0.05) is 0 Å². The first-order valence-electron chi connectivity index (χ1n) is 6.77. The van der Waals surface area contributed by atoms with Crippen molar-refractivity contribution in [3.63, 3.8) is 0 Å². The molecule has 0 aromatic carbocycles. The summed E-state index contributed by atoms with van der Waals surface area (Å²) in [6.07, 6.45) is 2.77. The second-order valence-corrected chi connectivity index (χ2v) is 5.26. The Kier molecular flexibility index (Phi) is 3.46. The molecule has 2 aromatic heterocycles. The van der Waals surface area contributed by atoms with Gasteiger partial charge in [-0.25, -0.2) is 15.0 Å². The van der Waals surface area contributed by atoms with Crippen LogP contribution in [-0.2, 0) is 16.6 Å². The minimum atomic E-state index is -0.470. The maximum atomic E-state index is 12.1. The SMILES string of the molecule is CN(C)C(=O)C1CN(c2ncnc3c2ncn3C)CCO1. The summed E-state index contributed by atoms with van der Waals surface area (Å²) >= 11 is 0. The van der Waals surface area contributed by atoms with Crippen molar-refractivity contribution in [3.8, 4) is 0 Å². The lowest BCUT2D eigenvalue weighted by molar-refractivity contribution is -0.141. The maximum Gasteiger partial charge on any atom is 0.253 e. The lowest BCUT2D eigenvalue weighted by atomic mass is 10.2. The van der Waals surface area contributed by atoms with Gasteiger partial charge in [0.25, 0.3) is 5.91 Å². The molecule has 0 N–H and O–H groups in total. The lowest BCUT2D eigenvalue weighted by Gasteiger charge is -2.33. The van der Waals surface area contributed by atoms with Crippen LogP contribution in [0.15, 0.2) is 12.7 Å². The van der Waals surface area contributed by atoms with Crippen molar-refractivity contribution in [2.45, 2.75) is 6.10 Å². The van der Waals surface area contributed by atoms with E-state index in [4.69, 9.17) is 4.74 Å². The molecule has 1 saturated heterocycles. The van der Waals surface area contributed by atoms with E-state index in [1.807, 2.05) is 16.5 Å². The number of rotatable bonds is 2. The standard InChI is InChI=1S/C13H18N6O2/c1-17(2)13(20)9-6-19(4-5-21-9)12-10-11(14-7-15-12)18(3)8-16-10/h7-9H,4-6H2,1-3H3. The Hall–Kier alpha value is -2.22. The van der Waals surface area contributed by atoms with E-state index >= 15 is 0 Å². The summed E-state index contributed by atoms with van der Waals surface area (Å²) in [5, 5.41) is 0. The smallest absolute Gasteiger partial charge is 0.253 e. The zero-order valence-electron chi connectivity index (χ0n) is 12.4. The molecule has 1 aliphatic heterocycles. The quantitative estimate of drug-likeness (QED) is 0.753. The number of hydrogen-bond acceptors (Lipinski definition) is 6. The van der Waals surface area contributed by atoms with E-state index in [9.17, 15) is 4.79 Å². The van der Waals surface area contributed by atoms with Crippen LogP contribution in [0.4, 0.5) is 5.82 Å². The number of ether oxygens (including phenoxy) is 1. The van der Waals surface area contributed by atoms with Gasteiger partial charge in [0.1, 0.15) is 6.33 Å². The molecule has 1 atom stereocenters. The van der Waals surface area contributed by atoms with E-state index in [2.05, 4.69) is 15.0 Å². The molecule has 0 saturated carbocycles. The minimum Gasteiger partial charge on any atom is -0.365 e. The van der Waals surface area contributed by atoms with Crippen LogP contribution in [0, 0.1) is 0 Å². The number of aryl methyl sites for hydroxylation is 1. The van der Waals surface area contributed by atoms with Crippen molar-refractivity contribution < 1.29 is 9.53 Å². The van der Waals surface area contributed by atoms with Crippen LogP contribution in [0.2, 0.25) is 0 Å². The fourth-order valence-electron chi connectivity index (χ4n) is 2.44. The molecule has 0 bridgehead atoms. The van der Waals surface area contributed by atoms with E-state index in [-0.39, 0.29) is 5.91 Å². The number of carbonyl (C=O) groups excluding carboxylic acids is 1. The third-order valence-electron chi connectivity index (χ3n) is 3.56. The number of morpholine rings is 1. The third kappa shape index (κ3) is 2.42. The van der Waals surface area contributed by atoms with Crippen LogP contribution in [0.1, 0.15) is 0 Å². The molecule has 1 unspecified atom stereocenters. The van der Waals surface area contributed by atoms with Crippen molar-refractivity contribution in [1.82, 2.24) is 24.4 Å². The van der Waals surface area contributed by atoms with Crippen molar-refractivity contribution >= 4 is 22.9 Å². The molecule has 1 fully saturated rings. The predicted molar refractivity (Wildman–Crippen MR) is 77.0 cm³/mol. The minimum absolute atomic E-state index is 0.0361. The van der Waals surface area contributed by atoms with Gasteiger partial charge in [0, 0.05) is 27.7 Å². The Morgan fingerprint density at radius 2 is 2.19 bits per heavy atom. The first-order chi connectivity index (χ1) is 10.1. The number of likely N-dealkylation sites (N-methyl/N-ethyl adjacent to an activating group) is 1. The van der Waals surface area contributed by atoms with Crippen LogP contribution >= 0.6 is 0 Å². The predicted octanol–water partition coefficient (Wildman–Crippen LogP) is -0.343. The Morgan fingerprint density at radius 3 is 2.95 bits per heavy atom. The van der Waals surface area contributed by atoms with Crippen LogP contribution in [-0.4, -0.2) is 70.2 Å². The Morgan fingerprint density at radius 1 is 1.38 bits per heavy atom. The maximum absolute atomic E-state index is 12.1. The summed E-state index contributed by atoms with van der Waals surface area (Å²) in [5.74, 6) is 0.714. The zero-order valence-corrected chi connectivity index (χ0v) is 12.4. The topological polar surface area (TPSA) is 76.4 Å². The van der Waals surface area contributed by atoms with E-state index < -0.39 is 6.10 Å². The molecule has 0 spiro atoms. The highest BCUT2D eigenvalue weighted by Crippen LogP contribution is 2.23. The largest absolute Gasteiger partial charge is 0.365 e. The number of imidazole rings is 1. The highest BCUT2D eigenvalue weighted by molar-refractivity contribution is 5.85. The number of hydrogen-bond donors (Lipinski definition) is 0. The first-order valence-corrected chi connectivity index (χ1v) is 6.77. The number of anilines is 1. The van der Waals surface area contributed by atoms with Crippen molar-refractivity contribution in [3.05, 3.63) is 12.7 Å². The molecular weight excluding hydrogens is 272 g/mol. The fourth-order valence-corrected chi connectivity index (χ4v) is 2.44. The number of amides is 1. The number of carbonyl (C=O) groups is 1. The van der Waals surface area contributed by atoms with Gasteiger partial charge in [0.15, 0.2) is 23.1 Å². The lowest BCUT2D eigenvalue weighted by Crippen LogP contribution is -2.49. The molecule has 21 heavy (non-hydrogen) atoms. The van der Waals surface area contributed by atoms with Gasteiger partial charge < -0.3 is 19.1 Å². The monoisotopic (exact) mass is 290 g/mol. The van der Waals surface area contributed by atoms with Gasteiger partial charge in [-0.3, -0.25) is 4.79 Å². The van der Waals surface area contributed by atoms with Gasteiger partial charge in [0.2, 0.25) is 0 Å². The Balaban J connectivity index is 1.90. The molecule has 0 radical (unpaired) electrons. The van der Waals surface area contributed by atoms with Gasteiger partial charge in [-0.15, -0.1) is 0 Å². The second-order valence-electron chi connectivity index (χ2n) is 5.26. The van der Waals surface area contributed by atoms with Gasteiger partial charge in [-0.2, -0.15) is 0 Å². The number of nitrogens with zero attached hydrogens (tertiary/aromatic N) is 6. The second kappa shape index (κ2) is 5.28. The summed E-state index contributed by atoms with van der Waals surface area (Å²) in [5.41, 5.74) is 1.53. The summed E-state index contributed by atoms with van der Waals surface area (Å²) < 4.78 is 7.42. The molecule has 1 aliphatic rings. The molecular formula is C13H18N6O2. The van der Waals surface area contributed by atoms with Crippen LogP contribution in [0.3, 0.4) is 0 Å². The van der Waals surface area contributed by atoms with Crippen molar-refractivity contribution in [1.29, 1.82) is 0 Å². The van der Waals surface area contributed by atoms with Gasteiger partial charge >= 0.3 is 0 Å². The Labute approximate surface area is 122 Å². The summed E-state index contributed by atoms with van der Waals surface area (Å²) in [4.78, 5) is 28.6. The summed E-state index contributed by atoms with van der Waals surface area (Å²) in [6, 6.07) is 0. The van der Waals surface area contributed by atoms with E-state index in [1.54, 1.807) is 25.3 Å². The van der Waals surface area contributed by atoms with E-state index in [0.29, 0.717) is 19.7 Å². The molecule has 3 heterocycles. The average Bonchev–Trinajstić information content (AvgIpc) is 2.88. The highest BCUT2D eigenvalue weighted by Gasteiger charge is 2.29. The van der Waals surface area contributed by atoms with Gasteiger partial charge in [0.05, 0.1) is 19.5 Å². The van der Waals surface area contributed by atoms with Crippen molar-refractivity contribution in [2.24, 2.45) is 7.05 Å². The molecule has 3 rings (SSSR count). The number of aromatic nitrogens is 4. The number of fused-ring (bicyclic) bond motifs is 1.